The zero-order valence-electron chi connectivity index (χ0n) is 11.5. The number of hydrogen-bond acceptors (Lipinski definition) is 4. The van der Waals surface area contributed by atoms with Gasteiger partial charge in [0, 0.05) is 30.9 Å². The third-order valence-electron chi connectivity index (χ3n) is 3.45. The highest BCUT2D eigenvalue weighted by atomic mass is 15.2. The normalized spacial score (nSPS) is 20.1. The van der Waals surface area contributed by atoms with E-state index in [4.69, 9.17) is 0 Å². The lowest BCUT2D eigenvalue weighted by Gasteiger charge is -2.34. The summed E-state index contributed by atoms with van der Waals surface area (Å²) in [6.45, 7) is 7.58. The fraction of sp³-hybridized carbons (Fsp3) is 0.714. The van der Waals surface area contributed by atoms with Gasteiger partial charge in [-0.2, -0.15) is 0 Å². The maximum Gasteiger partial charge on any atom is 0.132 e. The Morgan fingerprint density at radius 2 is 2.28 bits per heavy atom. The Morgan fingerprint density at radius 1 is 1.39 bits per heavy atom. The molecule has 0 amide bonds. The fourth-order valence-corrected chi connectivity index (χ4v) is 2.59. The van der Waals surface area contributed by atoms with E-state index in [1.54, 1.807) is 6.33 Å². The summed E-state index contributed by atoms with van der Waals surface area (Å²) in [4.78, 5) is 11.1. The number of nitrogens with zero attached hydrogens (tertiary/aromatic N) is 3. The Balaban J connectivity index is 2.03. The Bertz CT molecular complexity index is 365. The van der Waals surface area contributed by atoms with Gasteiger partial charge in [0.15, 0.2) is 0 Å². The largest absolute Gasteiger partial charge is 0.355 e. The highest BCUT2D eigenvalue weighted by Gasteiger charge is 2.20. The van der Waals surface area contributed by atoms with Crippen molar-refractivity contribution in [3.8, 4) is 0 Å². The van der Waals surface area contributed by atoms with Gasteiger partial charge in [-0.05, 0) is 25.8 Å². The lowest BCUT2D eigenvalue weighted by Crippen LogP contribution is -2.46. The van der Waals surface area contributed by atoms with E-state index in [0.29, 0.717) is 6.04 Å². The molecule has 0 spiro atoms. The zero-order chi connectivity index (χ0) is 12.8. The molecular weight excluding hydrogens is 224 g/mol. The molecule has 2 rings (SSSR count). The average molecular weight is 248 g/mol. The van der Waals surface area contributed by atoms with E-state index in [9.17, 15) is 0 Å². The van der Waals surface area contributed by atoms with Crippen LogP contribution in [0.5, 0.6) is 0 Å². The summed E-state index contributed by atoms with van der Waals surface area (Å²) < 4.78 is 0. The first-order chi connectivity index (χ1) is 8.83. The van der Waals surface area contributed by atoms with E-state index in [1.165, 1.54) is 12.8 Å². The number of aryl methyl sites for hydroxylation is 1. The third-order valence-corrected chi connectivity index (χ3v) is 3.45. The number of piperidine rings is 1. The van der Waals surface area contributed by atoms with Crippen LogP contribution in [0.2, 0.25) is 0 Å². The van der Waals surface area contributed by atoms with Gasteiger partial charge in [-0.15, -0.1) is 0 Å². The number of anilines is 1. The molecule has 1 aromatic heterocycles. The summed E-state index contributed by atoms with van der Waals surface area (Å²) in [6, 6.07) is 2.76. The minimum atomic E-state index is 0.605. The van der Waals surface area contributed by atoms with Gasteiger partial charge >= 0.3 is 0 Å². The van der Waals surface area contributed by atoms with Gasteiger partial charge in [0.05, 0.1) is 0 Å². The summed E-state index contributed by atoms with van der Waals surface area (Å²) in [5.41, 5.74) is 1.16. The van der Waals surface area contributed by atoms with E-state index >= 15 is 0 Å². The first-order valence-corrected chi connectivity index (χ1v) is 7.12. The fourth-order valence-electron chi connectivity index (χ4n) is 2.59. The van der Waals surface area contributed by atoms with Gasteiger partial charge in [0.25, 0.3) is 0 Å². The molecule has 4 heteroatoms. The number of likely N-dealkylation sites (N-methyl/N-ethyl adjacent to an activating group) is 1. The molecule has 0 radical (unpaired) electrons. The zero-order valence-corrected chi connectivity index (χ0v) is 11.5. The van der Waals surface area contributed by atoms with Crippen LogP contribution in [0.3, 0.4) is 0 Å². The molecule has 0 bridgehead atoms. The van der Waals surface area contributed by atoms with Crippen LogP contribution in [-0.4, -0.2) is 35.6 Å². The summed E-state index contributed by atoms with van der Waals surface area (Å²) in [5, 5.41) is 3.54. The molecule has 18 heavy (non-hydrogen) atoms. The molecule has 0 aliphatic carbocycles. The van der Waals surface area contributed by atoms with Crippen LogP contribution in [0.15, 0.2) is 12.4 Å². The molecule has 1 aliphatic rings. The first kappa shape index (κ1) is 13.3. The van der Waals surface area contributed by atoms with Crippen molar-refractivity contribution in [2.24, 2.45) is 0 Å². The summed E-state index contributed by atoms with van der Waals surface area (Å²) in [7, 11) is 0. The summed E-state index contributed by atoms with van der Waals surface area (Å²) in [5.74, 6) is 1.09. The highest BCUT2D eigenvalue weighted by molar-refractivity contribution is 5.39. The minimum Gasteiger partial charge on any atom is -0.355 e. The summed E-state index contributed by atoms with van der Waals surface area (Å²) >= 11 is 0. The predicted molar refractivity (Wildman–Crippen MR) is 74.9 cm³/mol. The molecule has 100 valence electrons. The van der Waals surface area contributed by atoms with Crippen LogP contribution in [0.4, 0.5) is 5.82 Å². The molecular formula is C14H24N4. The molecule has 0 aromatic carbocycles. The molecule has 2 heterocycles. The maximum absolute atomic E-state index is 4.43. The van der Waals surface area contributed by atoms with Gasteiger partial charge in [-0.3, -0.25) is 0 Å². The first-order valence-electron chi connectivity index (χ1n) is 7.12. The Labute approximate surface area is 110 Å². The van der Waals surface area contributed by atoms with Crippen molar-refractivity contribution in [1.29, 1.82) is 0 Å². The third kappa shape index (κ3) is 3.42. The number of aromatic nitrogens is 2. The number of nitrogens with one attached hydrogen (secondary N) is 1. The Hall–Kier alpha value is -1.16. The highest BCUT2D eigenvalue weighted by Crippen LogP contribution is 2.18. The smallest absolute Gasteiger partial charge is 0.132 e. The van der Waals surface area contributed by atoms with Gasteiger partial charge in [0.1, 0.15) is 12.1 Å². The van der Waals surface area contributed by atoms with Crippen LogP contribution in [0.25, 0.3) is 0 Å². The second-order valence-corrected chi connectivity index (χ2v) is 4.96. The molecule has 1 saturated heterocycles. The molecule has 1 fully saturated rings. The molecule has 1 aromatic rings. The quantitative estimate of drug-likeness (QED) is 0.865. The number of hydrogen-bond donors (Lipinski definition) is 1. The standard InChI is InChI=1S/C14H24N4/c1-3-6-12-9-14(17-11-16-12)18-8-5-7-13(10-18)15-4-2/h9,11,13,15H,3-8,10H2,1-2H3. The van der Waals surface area contributed by atoms with Crippen LogP contribution in [0, 0.1) is 0 Å². The number of rotatable bonds is 5. The molecule has 4 nitrogen and oxygen atoms in total. The summed E-state index contributed by atoms with van der Waals surface area (Å²) in [6.07, 6.45) is 6.40. The van der Waals surface area contributed by atoms with E-state index < -0.39 is 0 Å². The van der Waals surface area contributed by atoms with E-state index in [1.807, 2.05) is 0 Å². The van der Waals surface area contributed by atoms with Crippen molar-refractivity contribution in [3.05, 3.63) is 18.1 Å². The van der Waals surface area contributed by atoms with Crippen molar-refractivity contribution in [2.45, 2.75) is 45.6 Å². The molecule has 1 aliphatic heterocycles. The van der Waals surface area contributed by atoms with Gasteiger partial charge < -0.3 is 10.2 Å². The molecule has 1 unspecified atom stereocenters. The average Bonchev–Trinajstić information content (AvgIpc) is 2.40. The van der Waals surface area contributed by atoms with Crippen LogP contribution < -0.4 is 10.2 Å². The van der Waals surface area contributed by atoms with Crippen molar-refractivity contribution in [3.63, 3.8) is 0 Å². The second-order valence-electron chi connectivity index (χ2n) is 4.96. The van der Waals surface area contributed by atoms with Crippen molar-refractivity contribution < 1.29 is 0 Å². The van der Waals surface area contributed by atoms with Gasteiger partial charge in [-0.25, -0.2) is 9.97 Å². The topological polar surface area (TPSA) is 41.0 Å². The lowest BCUT2D eigenvalue weighted by molar-refractivity contribution is 0.429. The maximum atomic E-state index is 4.43. The van der Waals surface area contributed by atoms with E-state index in [2.05, 4.69) is 40.1 Å². The molecule has 1 atom stereocenters. The van der Waals surface area contributed by atoms with Gasteiger partial charge in [0.2, 0.25) is 0 Å². The Kier molecular flexibility index (Phi) is 4.93. The van der Waals surface area contributed by atoms with Crippen LogP contribution in [0.1, 0.15) is 38.8 Å². The van der Waals surface area contributed by atoms with Crippen molar-refractivity contribution in [1.82, 2.24) is 15.3 Å². The van der Waals surface area contributed by atoms with E-state index in [0.717, 1.165) is 44.0 Å². The van der Waals surface area contributed by atoms with Crippen molar-refractivity contribution >= 4 is 5.82 Å². The lowest BCUT2D eigenvalue weighted by atomic mass is 10.1. The SMILES string of the molecule is CCCc1cc(N2CCCC(NCC)C2)ncn1. The predicted octanol–water partition coefficient (Wildman–Crippen LogP) is 2.01. The Morgan fingerprint density at radius 3 is 3.06 bits per heavy atom. The van der Waals surface area contributed by atoms with Crippen LogP contribution >= 0.6 is 0 Å². The minimum absolute atomic E-state index is 0.605. The monoisotopic (exact) mass is 248 g/mol. The van der Waals surface area contributed by atoms with Gasteiger partial charge in [-0.1, -0.05) is 20.3 Å². The van der Waals surface area contributed by atoms with E-state index in [-0.39, 0.29) is 0 Å². The van der Waals surface area contributed by atoms with Crippen LogP contribution in [-0.2, 0) is 6.42 Å². The molecule has 1 N–H and O–H groups in total. The second kappa shape index (κ2) is 6.69. The molecule has 0 saturated carbocycles. The van der Waals surface area contributed by atoms with Crippen molar-refractivity contribution in [2.75, 3.05) is 24.5 Å².